The fourth-order valence-electron chi connectivity index (χ4n) is 4.75. The Kier molecular flexibility index (Phi) is 4.95. The first-order chi connectivity index (χ1) is 12.9. The number of thiazole rings is 1. The molecule has 4 rings (SSSR count). The number of aryl methyl sites for hydroxylation is 2. The summed E-state index contributed by atoms with van der Waals surface area (Å²) in [5.74, 6) is 1.01. The van der Waals surface area contributed by atoms with Crippen molar-refractivity contribution in [3.63, 3.8) is 0 Å². The summed E-state index contributed by atoms with van der Waals surface area (Å²) in [6.45, 7) is 8.04. The van der Waals surface area contributed by atoms with Crippen molar-refractivity contribution in [2.24, 2.45) is 11.8 Å². The smallest absolute Gasteiger partial charge is 0.320 e. The van der Waals surface area contributed by atoms with Crippen LogP contribution in [0.2, 0.25) is 0 Å². The standard InChI is InChI=1S/C21H28N4OS/c1-14-7-5-6-8-18(14)20-19-12-24(11-17-13-27-15(2)22-17)9-16(19)10-25(20)21(26)23(3)4/h5-8,13,16,19-20H,9-12H2,1-4H3/t16-,19-,20+/m1/s1. The first-order valence-electron chi connectivity index (χ1n) is 9.61. The van der Waals surface area contributed by atoms with Gasteiger partial charge in [0.2, 0.25) is 0 Å². The molecule has 2 saturated heterocycles. The van der Waals surface area contributed by atoms with Crippen LogP contribution in [0.3, 0.4) is 0 Å². The van der Waals surface area contributed by atoms with Crippen molar-refractivity contribution in [2.45, 2.75) is 26.4 Å². The quantitative estimate of drug-likeness (QED) is 0.812. The number of rotatable bonds is 3. The second-order valence-corrected chi connectivity index (χ2v) is 9.17. The van der Waals surface area contributed by atoms with E-state index < -0.39 is 0 Å². The molecular formula is C21H28N4OS. The highest BCUT2D eigenvalue weighted by atomic mass is 32.1. The summed E-state index contributed by atoms with van der Waals surface area (Å²) >= 11 is 1.72. The molecule has 6 heteroatoms. The first-order valence-corrected chi connectivity index (χ1v) is 10.5. The lowest BCUT2D eigenvalue weighted by atomic mass is 9.88. The summed E-state index contributed by atoms with van der Waals surface area (Å²) in [5.41, 5.74) is 3.74. The van der Waals surface area contributed by atoms with E-state index in [1.807, 2.05) is 14.1 Å². The number of urea groups is 1. The van der Waals surface area contributed by atoms with Crippen molar-refractivity contribution in [1.82, 2.24) is 19.7 Å². The van der Waals surface area contributed by atoms with E-state index in [1.165, 1.54) is 16.8 Å². The van der Waals surface area contributed by atoms with Crippen LogP contribution in [0.5, 0.6) is 0 Å². The van der Waals surface area contributed by atoms with Crippen LogP contribution in [-0.4, -0.2) is 59.4 Å². The highest BCUT2D eigenvalue weighted by Crippen LogP contribution is 2.46. The van der Waals surface area contributed by atoms with Gasteiger partial charge in [0.05, 0.1) is 16.7 Å². The minimum absolute atomic E-state index is 0.124. The van der Waals surface area contributed by atoms with Crippen LogP contribution < -0.4 is 0 Å². The SMILES string of the molecule is Cc1nc(CN2C[C@@H]3CN(C(=O)N(C)C)[C@@H](c4ccccc4C)[C@@H]3C2)cs1. The maximum atomic E-state index is 12.9. The molecule has 2 fully saturated rings. The summed E-state index contributed by atoms with van der Waals surface area (Å²) < 4.78 is 0. The summed E-state index contributed by atoms with van der Waals surface area (Å²) in [7, 11) is 3.70. The van der Waals surface area contributed by atoms with Gasteiger partial charge in [0.15, 0.2) is 0 Å². The molecular weight excluding hydrogens is 356 g/mol. The predicted octanol–water partition coefficient (Wildman–Crippen LogP) is 3.55. The Morgan fingerprint density at radius 1 is 1.22 bits per heavy atom. The van der Waals surface area contributed by atoms with Crippen molar-refractivity contribution >= 4 is 17.4 Å². The lowest BCUT2D eigenvalue weighted by Crippen LogP contribution is -2.41. The van der Waals surface area contributed by atoms with Gasteiger partial charge in [-0.15, -0.1) is 11.3 Å². The van der Waals surface area contributed by atoms with Gasteiger partial charge in [0, 0.05) is 51.6 Å². The largest absolute Gasteiger partial charge is 0.331 e. The topological polar surface area (TPSA) is 39.7 Å². The molecule has 0 spiro atoms. The average molecular weight is 385 g/mol. The molecule has 1 aromatic carbocycles. The van der Waals surface area contributed by atoms with Crippen LogP contribution in [0, 0.1) is 25.7 Å². The van der Waals surface area contributed by atoms with Crippen LogP contribution in [0.4, 0.5) is 4.79 Å². The van der Waals surface area contributed by atoms with Gasteiger partial charge in [-0.2, -0.15) is 0 Å². The van der Waals surface area contributed by atoms with Crippen LogP contribution >= 0.6 is 11.3 Å². The Hall–Kier alpha value is -1.92. The Morgan fingerprint density at radius 3 is 2.67 bits per heavy atom. The van der Waals surface area contributed by atoms with Gasteiger partial charge in [-0.3, -0.25) is 4.90 Å². The highest BCUT2D eigenvalue weighted by molar-refractivity contribution is 7.09. The third-order valence-corrected chi connectivity index (χ3v) is 6.75. The predicted molar refractivity (Wildman–Crippen MR) is 109 cm³/mol. The molecule has 0 radical (unpaired) electrons. The van der Waals surface area contributed by atoms with E-state index in [9.17, 15) is 4.79 Å². The molecule has 0 aliphatic carbocycles. The summed E-state index contributed by atoms with van der Waals surface area (Å²) in [4.78, 5) is 23.8. The van der Waals surface area contributed by atoms with E-state index in [4.69, 9.17) is 0 Å². The number of hydrogen-bond acceptors (Lipinski definition) is 4. The van der Waals surface area contributed by atoms with E-state index in [0.29, 0.717) is 11.8 Å². The number of aromatic nitrogens is 1. The molecule has 3 atom stereocenters. The van der Waals surface area contributed by atoms with Crippen LogP contribution in [0.1, 0.15) is 27.9 Å². The highest BCUT2D eigenvalue weighted by Gasteiger charge is 2.49. The maximum Gasteiger partial charge on any atom is 0.320 e. The van der Waals surface area contributed by atoms with Gasteiger partial charge in [-0.25, -0.2) is 9.78 Å². The summed E-state index contributed by atoms with van der Waals surface area (Å²) in [5, 5.41) is 3.30. The fourth-order valence-corrected chi connectivity index (χ4v) is 5.35. The van der Waals surface area contributed by atoms with Crippen LogP contribution in [0.25, 0.3) is 0 Å². The zero-order valence-corrected chi connectivity index (χ0v) is 17.4. The number of nitrogens with zero attached hydrogens (tertiary/aromatic N) is 4. The molecule has 0 saturated carbocycles. The molecule has 2 aliphatic heterocycles. The zero-order chi connectivity index (χ0) is 19.1. The third-order valence-electron chi connectivity index (χ3n) is 5.93. The number of hydrogen-bond donors (Lipinski definition) is 0. The van der Waals surface area contributed by atoms with Gasteiger partial charge in [-0.1, -0.05) is 24.3 Å². The van der Waals surface area contributed by atoms with Gasteiger partial charge < -0.3 is 9.80 Å². The van der Waals surface area contributed by atoms with E-state index in [2.05, 4.69) is 58.3 Å². The van der Waals surface area contributed by atoms with E-state index in [1.54, 1.807) is 16.2 Å². The molecule has 2 aliphatic rings. The molecule has 5 nitrogen and oxygen atoms in total. The molecule has 0 bridgehead atoms. The molecule has 1 aromatic heterocycles. The molecule has 2 amide bonds. The minimum Gasteiger partial charge on any atom is -0.331 e. The van der Waals surface area contributed by atoms with Crippen molar-refractivity contribution in [3.8, 4) is 0 Å². The summed E-state index contributed by atoms with van der Waals surface area (Å²) in [6, 6.07) is 8.82. The van der Waals surface area contributed by atoms with Gasteiger partial charge >= 0.3 is 6.03 Å². The summed E-state index contributed by atoms with van der Waals surface area (Å²) in [6.07, 6.45) is 0. The lowest BCUT2D eigenvalue weighted by molar-refractivity contribution is 0.151. The number of benzene rings is 1. The second-order valence-electron chi connectivity index (χ2n) is 8.11. The average Bonchev–Trinajstić information content (AvgIpc) is 3.29. The lowest BCUT2D eigenvalue weighted by Gasteiger charge is -2.32. The fraction of sp³-hybridized carbons (Fsp3) is 0.524. The number of likely N-dealkylation sites (tertiary alicyclic amines) is 2. The van der Waals surface area contributed by atoms with Crippen LogP contribution in [0.15, 0.2) is 29.6 Å². The molecule has 27 heavy (non-hydrogen) atoms. The monoisotopic (exact) mass is 384 g/mol. The van der Waals surface area contributed by atoms with E-state index >= 15 is 0 Å². The Bertz CT molecular complexity index is 833. The normalized spacial score (nSPS) is 25.0. The number of amides is 2. The molecule has 0 unspecified atom stereocenters. The minimum atomic E-state index is 0.124. The van der Waals surface area contributed by atoms with Crippen molar-refractivity contribution in [2.75, 3.05) is 33.7 Å². The second kappa shape index (κ2) is 7.24. The van der Waals surface area contributed by atoms with Crippen molar-refractivity contribution in [3.05, 3.63) is 51.5 Å². The van der Waals surface area contributed by atoms with Gasteiger partial charge in [0.1, 0.15) is 0 Å². The van der Waals surface area contributed by atoms with E-state index in [-0.39, 0.29) is 12.1 Å². The molecule has 3 heterocycles. The van der Waals surface area contributed by atoms with E-state index in [0.717, 1.165) is 31.2 Å². The Labute approximate surface area is 165 Å². The third kappa shape index (κ3) is 3.48. The maximum absolute atomic E-state index is 12.9. The van der Waals surface area contributed by atoms with Crippen molar-refractivity contribution in [1.29, 1.82) is 0 Å². The van der Waals surface area contributed by atoms with Gasteiger partial charge in [-0.05, 0) is 30.9 Å². The Morgan fingerprint density at radius 2 is 2.00 bits per heavy atom. The van der Waals surface area contributed by atoms with Crippen molar-refractivity contribution < 1.29 is 4.79 Å². The molecule has 2 aromatic rings. The van der Waals surface area contributed by atoms with Gasteiger partial charge in [0.25, 0.3) is 0 Å². The first kappa shape index (κ1) is 18.4. The number of fused-ring (bicyclic) bond motifs is 1. The molecule has 144 valence electrons. The number of carbonyl (C=O) groups excluding carboxylic acids is 1. The molecule has 0 N–H and O–H groups in total. The van der Waals surface area contributed by atoms with Crippen LogP contribution in [-0.2, 0) is 6.54 Å². The zero-order valence-electron chi connectivity index (χ0n) is 16.6. The Balaban J connectivity index is 1.59. The number of carbonyl (C=O) groups is 1.